The predicted octanol–water partition coefficient (Wildman–Crippen LogP) is 2.70. The van der Waals surface area contributed by atoms with Crippen molar-refractivity contribution < 1.29 is 52.7 Å². The summed E-state index contributed by atoms with van der Waals surface area (Å²) in [6.45, 7) is 0. The molecule has 12 radical (unpaired) electrons. The average molecular weight is 566 g/mol. The van der Waals surface area contributed by atoms with Crippen LogP contribution in [0.4, 0.5) is 52.7 Å². The summed E-state index contributed by atoms with van der Waals surface area (Å²) < 4.78 is 124. The Bertz CT molecular complexity index is 137. The van der Waals surface area contributed by atoms with E-state index in [2.05, 4.69) is 0 Å². The van der Waals surface area contributed by atoms with Gasteiger partial charge in [0.05, 0.1) is 0 Å². The molecule has 116 valence electrons. The fourth-order valence-electron chi connectivity index (χ4n) is 0. The summed E-state index contributed by atoms with van der Waals surface area (Å²) in [5.41, 5.74) is 0. The van der Waals surface area contributed by atoms with Gasteiger partial charge >= 0.3 is 139 Å². The molecule has 0 aromatic heterocycles. The number of alkyl halides is 12. The first-order chi connectivity index (χ1) is 8.00. The Hall–Kier alpha value is 1.33. The average Bonchev–Trinajstić information content (AvgIpc) is 1.62. The molecule has 0 saturated heterocycles. The topological polar surface area (TPSA) is 0 Å². The molecule has 0 aromatic rings. The van der Waals surface area contributed by atoms with E-state index in [4.69, 9.17) is 0 Å². The third-order valence-electron chi connectivity index (χ3n) is 0. The molecule has 0 aliphatic rings. The van der Waals surface area contributed by atoms with Gasteiger partial charge in [-0.3, -0.25) is 0 Å². The minimum atomic E-state index is -4.00. The van der Waals surface area contributed by atoms with Crippen molar-refractivity contribution in [3.63, 3.8) is 0 Å². The Morgan fingerprint density at radius 2 is 0.300 bits per heavy atom. The van der Waals surface area contributed by atoms with Crippen molar-refractivity contribution in [2.24, 2.45) is 0 Å². The molecule has 0 atom stereocenters. The Kier molecular flexibility index (Phi) is 17.4. The monoisotopic (exact) mass is 572 g/mol. The van der Waals surface area contributed by atoms with Crippen LogP contribution in [-0.2, 0) is 0 Å². The Labute approximate surface area is 138 Å². The molecule has 0 nitrogen and oxygen atoms in total. The van der Waals surface area contributed by atoms with Gasteiger partial charge in [-0.05, 0) is 0 Å². The van der Waals surface area contributed by atoms with Crippen molar-refractivity contribution in [3.8, 4) is 0 Å². The Morgan fingerprint density at radius 3 is 0.300 bits per heavy atom. The summed E-state index contributed by atoms with van der Waals surface area (Å²) in [4.78, 5) is 0. The van der Waals surface area contributed by atoms with Crippen LogP contribution in [0.2, 0.25) is 0 Å². The molecule has 0 unspecified atom stereocenters. The molecule has 0 bridgehead atoms. The first-order valence-corrected chi connectivity index (χ1v) is 7.46. The second-order valence-corrected chi connectivity index (χ2v) is 6.75. The quantitative estimate of drug-likeness (QED) is 0.313. The first kappa shape index (κ1) is 29.4. The third-order valence-corrected chi connectivity index (χ3v) is 0. The van der Waals surface area contributed by atoms with Crippen LogP contribution in [0.3, 0.4) is 0 Å². The van der Waals surface area contributed by atoms with Gasteiger partial charge in [0.1, 0.15) is 0 Å². The standard InChI is InChI=1S/4CF3Ge/c4*2-1(3,4)5. The molecular weight excluding hydrogens is 566 g/mol. The summed E-state index contributed by atoms with van der Waals surface area (Å²) in [5, 5.41) is -16.0. The van der Waals surface area contributed by atoms with Gasteiger partial charge in [0, 0.05) is 0 Å². The van der Waals surface area contributed by atoms with Crippen molar-refractivity contribution in [2.75, 3.05) is 0 Å². The molecule has 0 aliphatic heterocycles. The van der Waals surface area contributed by atoms with Crippen LogP contribution in [-0.4, -0.2) is 86.1 Å². The molecule has 16 heteroatoms. The van der Waals surface area contributed by atoms with Crippen molar-refractivity contribution in [3.05, 3.63) is 0 Å². The molecule has 0 saturated carbocycles. The molecule has 0 amide bonds. The van der Waals surface area contributed by atoms with Gasteiger partial charge < -0.3 is 0 Å². The number of halogens is 12. The maximum absolute atomic E-state index is 10.4. The van der Waals surface area contributed by atoms with Crippen LogP contribution in [0.15, 0.2) is 0 Å². The number of hydrogen-bond acceptors (Lipinski definition) is 0. The van der Waals surface area contributed by atoms with Crippen LogP contribution in [0.25, 0.3) is 0 Å². The molecule has 0 heterocycles. The first-order valence-electron chi connectivity index (χ1n) is 3.27. The number of hydrogen-bond donors (Lipinski definition) is 0. The zero-order chi connectivity index (χ0) is 18.0. The van der Waals surface area contributed by atoms with Gasteiger partial charge in [-0.25, -0.2) is 0 Å². The second-order valence-electron chi connectivity index (χ2n) is 1.99. The van der Waals surface area contributed by atoms with Crippen LogP contribution in [0, 0.1) is 0 Å². The summed E-state index contributed by atoms with van der Waals surface area (Å²) in [6.07, 6.45) is 0. The third kappa shape index (κ3) is 3660. The molecule has 20 heavy (non-hydrogen) atoms. The van der Waals surface area contributed by atoms with Gasteiger partial charge in [0.2, 0.25) is 0 Å². The molecule has 0 N–H and O–H groups in total. The number of rotatable bonds is 0. The van der Waals surface area contributed by atoms with E-state index in [0.29, 0.717) is 0 Å². The minimum absolute atomic E-state index is 0.188. The molecular formula is C4F12Ge4. The van der Waals surface area contributed by atoms with Crippen LogP contribution in [0.5, 0.6) is 0 Å². The molecule has 0 spiro atoms. The summed E-state index contributed by atoms with van der Waals surface area (Å²) >= 11 is 0.750. The summed E-state index contributed by atoms with van der Waals surface area (Å²) in [7, 11) is 0. The van der Waals surface area contributed by atoms with E-state index >= 15 is 0 Å². The maximum atomic E-state index is 10.4. The van der Waals surface area contributed by atoms with Gasteiger partial charge in [-0.15, -0.1) is 0 Å². The van der Waals surface area contributed by atoms with Gasteiger partial charge in [0.25, 0.3) is 0 Å². The van der Waals surface area contributed by atoms with Crippen LogP contribution >= 0.6 is 0 Å². The van der Waals surface area contributed by atoms with E-state index in [9.17, 15) is 52.7 Å². The van der Waals surface area contributed by atoms with Crippen molar-refractivity contribution in [1.82, 2.24) is 0 Å². The van der Waals surface area contributed by atoms with Crippen LogP contribution < -0.4 is 0 Å². The predicted molar refractivity (Wildman–Crippen MR) is 47.2 cm³/mol. The van der Waals surface area contributed by atoms with E-state index in [1.165, 1.54) is 0 Å². The van der Waals surface area contributed by atoms with Crippen molar-refractivity contribution in [1.29, 1.82) is 0 Å². The zero-order valence-corrected chi connectivity index (χ0v) is 16.9. The molecule has 0 rings (SSSR count). The normalized spacial score (nSPS) is 12.0. The van der Waals surface area contributed by atoms with Gasteiger partial charge in [0.15, 0.2) is 0 Å². The molecule has 0 aromatic carbocycles. The van der Waals surface area contributed by atoms with Crippen LogP contribution in [0.1, 0.15) is 0 Å². The fraction of sp³-hybridized carbons (Fsp3) is 1.00. The van der Waals surface area contributed by atoms with E-state index in [1.54, 1.807) is 0 Å². The Morgan fingerprint density at radius 1 is 0.300 bits per heavy atom. The molecule has 0 aliphatic carbocycles. The van der Waals surface area contributed by atoms with E-state index < -0.39 is 20.0 Å². The Balaban J connectivity index is -0.0000000853. The van der Waals surface area contributed by atoms with Gasteiger partial charge in [-0.2, -0.15) is 0 Å². The summed E-state index contributed by atoms with van der Waals surface area (Å²) in [5.74, 6) is 0. The molecule has 0 fully saturated rings. The summed E-state index contributed by atoms with van der Waals surface area (Å²) in [6, 6.07) is 0. The SMILES string of the molecule is F[C](F)(F)[Ge].F[C](F)(F)[Ge].F[C](F)(F)[Ge].F[C](F)(F)[Ge]. The van der Waals surface area contributed by atoms with Crippen molar-refractivity contribution >= 4 is 66.1 Å². The van der Waals surface area contributed by atoms with E-state index in [0.717, 1.165) is 0 Å². The zero-order valence-electron chi connectivity index (χ0n) is 8.54. The van der Waals surface area contributed by atoms with Crippen molar-refractivity contribution in [2.45, 2.75) is 20.0 Å². The van der Waals surface area contributed by atoms with E-state index in [-0.39, 0.29) is 66.1 Å². The second kappa shape index (κ2) is 11.8. The fourth-order valence-corrected chi connectivity index (χ4v) is 0. The van der Waals surface area contributed by atoms with E-state index in [1.807, 2.05) is 0 Å². The van der Waals surface area contributed by atoms with Gasteiger partial charge in [-0.1, -0.05) is 0 Å².